The van der Waals surface area contributed by atoms with Crippen molar-refractivity contribution in [1.82, 2.24) is 10.2 Å². The first-order valence-corrected chi connectivity index (χ1v) is 9.39. The smallest absolute Gasteiger partial charge is 0.101 e. The summed E-state index contributed by atoms with van der Waals surface area (Å²) < 4.78 is 0. The van der Waals surface area contributed by atoms with Gasteiger partial charge in [0.1, 0.15) is 5.69 Å². The molecule has 0 unspecified atom stereocenters. The van der Waals surface area contributed by atoms with Crippen LogP contribution in [0.5, 0.6) is 0 Å². The Morgan fingerprint density at radius 1 is 0.481 bits per heavy atom. The maximum Gasteiger partial charge on any atom is 0.101 e. The molecule has 0 aliphatic carbocycles. The van der Waals surface area contributed by atoms with Gasteiger partial charge in [-0.05, 0) is 48.0 Å². The van der Waals surface area contributed by atoms with Crippen LogP contribution in [0.1, 0.15) is 0 Å². The summed E-state index contributed by atoms with van der Waals surface area (Å²) in [5.41, 5.74) is 5.42. The summed E-state index contributed by atoms with van der Waals surface area (Å²) in [4.78, 5) is 0. The number of benzene rings is 3. The van der Waals surface area contributed by atoms with E-state index in [4.69, 9.17) is 34.8 Å². The zero-order valence-electron chi connectivity index (χ0n) is 14.0. The van der Waals surface area contributed by atoms with Crippen molar-refractivity contribution in [2.75, 3.05) is 0 Å². The lowest BCUT2D eigenvalue weighted by atomic mass is 9.98. The van der Waals surface area contributed by atoms with E-state index in [-0.39, 0.29) is 0 Å². The molecule has 1 heterocycles. The summed E-state index contributed by atoms with van der Waals surface area (Å²) in [7, 11) is 0. The van der Waals surface area contributed by atoms with Crippen LogP contribution in [0.25, 0.3) is 33.6 Å². The summed E-state index contributed by atoms with van der Waals surface area (Å²) in [5.74, 6) is 0. The predicted octanol–water partition coefficient (Wildman–Crippen LogP) is 7.44. The van der Waals surface area contributed by atoms with Crippen LogP contribution in [0.2, 0.25) is 15.1 Å². The average Bonchev–Trinajstić information content (AvgIpc) is 2.69. The lowest BCUT2D eigenvalue weighted by Gasteiger charge is -2.11. The Bertz CT molecular complexity index is 1070. The minimum atomic E-state index is 0.678. The Kier molecular flexibility index (Phi) is 5.13. The van der Waals surface area contributed by atoms with Crippen molar-refractivity contribution in [2.45, 2.75) is 0 Å². The summed E-state index contributed by atoms with van der Waals surface area (Å²) in [6, 6.07) is 24.8. The van der Waals surface area contributed by atoms with Crippen molar-refractivity contribution in [3.05, 3.63) is 93.9 Å². The average molecular weight is 412 g/mol. The fourth-order valence-electron chi connectivity index (χ4n) is 2.82. The van der Waals surface area contributed by atoms with E-state index in [0.29, 0.717) is 15.1 Å². The van der Waals surface area contributed by atoms with Crippen LogP contribution in [0, 0.1) is 0 Å². The van der Waals surface area contributed by atoms with Gasteiger partial charge in [0.15, 0.2) is 0 Å². The molecule has 0 atom stereocenters. The van der Waals surface area contributed by atoms with E-state index in [1.165, 1.54) is 0 Å². The van der Waals surface area contributed by atoms with Gasteiger partial charge in [-0.3, -0.25) is 0 Å². The maximum absolute atomic E-state index is 6.06. The first kappa shape index (κ1) is 18.0. The summed E-state index contributed by atoms with van der Waals surface area (Å²) in [5, 5.41) is 11.0. The highest BCUT2D eigenvalue weighted by Gasteiger charge is 2.13. The van der Waals surface area contributed by atoms with Crippen LogP contribution >= 0.6 is 34.8 Å². The molecule has 132 valence electrons. The number of hydrogen-bond acceptors (Lipinski definition) is 2. The molecule has 0 fully saturated rings. The molecule has 0 N–H and O–H groups in total. The zero-order valence-corrected chi connectivity index (χ0v) is 16.3. The summed E-state index contributed by atoms with van der Waals surface area (Å²) >= 11 is 18.1. The lowest BCUT2D eigenvalue weighted by molar-refractivity contribution is 1.05. The molecule has 27 heavy (non-hydrogen) atoms. The van der Waals surface area contributed by atoms with Gasteiger partial charge in [-0.1, -0.05) is 71.2 Å². The lowest BCUT2D eigenvalue weighted by Crippen LogP contribution is -1.95. The minimum Gasteiger partial charge on any atom is -0.150 e. The standard InChI is InChI=1S/C22H13Cl3N2/c23-17-7-1-14(2-8-17)20-13-21(15-3-9-18(24)10-4-15)26-27-22(20)16-5-11-19(25)12-6-16/h1-13H. The van der Waals surface area contributed by atoms with Crippen molar-refractivity contribution in [3.8, 4) is 33.6 Å². The molecule has 2 nitrogen and oxygen atoms in total. The zero-order chi connectivity index (χ0) is 18.8. The molecule has 1 aromatic heterocycles. The van der Waals surface area contributed by atoms with Crippen molar-refractivity contribution in [2.24, 2.45) is 0 Å². The van der Waals surface area contributed by atoms with Gasteiger partial charge in [-0.2, -0.15) is 0 Å². The Labute approximate surface area is 172 Å². The molecular formula is C22H13Cl3N2. The molecule has 5 heteroatoms. The SMILES string of the molecule is Clc1ccc(-c2cc(-c3ccc(Cl)cc3)c(-c3ccc(Cl)cc3)nn2)cc1. The highest BCUT2D eigenvalue weighted by Crippen LogP contribution is 2.34. The molecule has 4 rings (SSSR count). The van der Waals surface area contributed by atoms with Gasteiger partial charge in [0.2, 0.25) is 0 Å². The van der Waals surface area contributed by atoms with Gasteiger partial charge in [0.05, 0.1) is 5.69 Å². The molecule has 0 spiro atoms. The first-order valence-electron chi connectivity index (χ1n) is 8.26. The van der Waals surface area contributed by atoms with Crippen LogP contribution in [0.3, 0.4) is 0 Å². The minimum absolute atomic E-state index is 0.678. The second-order valence-corrected chi connectivity index (χ2v) is 7.32. The van der Waals surface area contributed by atoms with E-state index in [1.54, 1.807) is 0 Å². The molecule has 0 saturated heterocycles. The normalized spacial score (nSPS) is 10.8. The van der Waals surface area contributed by atoms with Gasteiger partial charge in [-0.15, -0.1) is 10.2 Å². The number of nitrogens with zero attached hydrogens (tertiary/aromatic N) is 2. The van der Waals surface area contributed by atoms with Crippen molar-refractivity contribution in [3.63, 3.8) is 0 Å². The third kappa shape index (κ3) is 3.98. The third-order valence-electron chi connectivity index (χ3n) is 4.21. The van der Waals surface area contributed by atoms with E-state index in [9.17, 15) is 0 Å². The van der Waals surface area contributed by atoms with Gasteiger partial charge in [0, 0.05) is 31.8 Å². The Morgan fingerprint density at radius 3 is 1.44 bits per heavy atom. The number of halogens is 3. The van der Waals surface area contributed by atoms with Gasteiger partial charge < -0.3 is 0 Å². The van der Waals surface area contributed by atoms with Crippen LogP contribution < -0.4 is 0 Å². The predicted molar refractivity (Wildman–Crippen MR) is 113 cm³/mol. The second-order valence-electron chi connectivity index (χ2n) is 6.01. The molecule has 0 aliphatic heterocycles. The fraction of sp³-hybridized carbons (Fsp3) is 0. The van der Waals surface area contributed by atoms with Crippen LogP contribution in [0.15, 0.2) is 78.9 Å². The molecule has 0 amide bonds. The molecule has 0 radical (unpaired) electrons. The van der Waals surface area contributed by atoms with Gasteiger partial charge in [-0.25, -0.2) is 0 Å². The van der Waals surface area contributed by atoms with Crippen LogP contribution in [0.4, 0.5) is 0 Å². The van der Waals surface area contributed by atoms with E-state index >= 15 is 0 Å². The van der Waals surface area contributed by atoms with E-state index in [0.717, 1.165) is 33.6 Å². The molecule has 0 bridgehead atoms. The Hall–Kier alpha value is -2.39. The third-order valence-corrected chi connectivity index (χ3v) is 4.96. The maximum atomic E-state index is 6.06. The number of hydrogen-bond donors (Lipinski definition) is 0. The number of aromatic nitrogens is 2. The van der Waals surface area contributed by atoms with Crippen molar-refractivity contribution < 1.29 is 0 Å². The van der Waals surface area contributed by atoms with E-state index < -0.39 is 0 Å². The van der Waals surface area contributed by atoms with Crippen LogP contribution in [-0.4, -0.2) is 10.2 Å². The molecular weight excluding hydrogens is 399 g/mol. The highest BCUT2D eigenvalue weighted by atomic mass is 35.5. The van der Waals surface area contributed by atoms with Gasteiger partial charge in [0.25, 0.3) is 0 Å². The quantitative estimate of drug-likeness (QED) is 0.350. The van der Waals surface area contributed by atoms with Crippen LogP contribution in [-0.2, 0) is 0 Å². The summed E-state index contributed by atoms with van der Waals surface area (Å²) in [6.07, 6.45) is 0. The van der Waals surface area contributed by atoms with E-state index in [1.807, 2.05) is 78.9 Å². The summed E-state index contributed by atoms with van der Waals surface area (Å²) in [6.45, 7) is 0. The van der Waals surface area contributed by atoms with E-state index in [2.05, 4.69) is 10.2 Å². The second kappa shape index (κ2) is 7.69. The molecule has 0 aliphatic rings. The molecule has 4 aromatic rings. The van der Waals surface area contributed by atoms with Crippen molar-refractivity contribution in [1.29, 1.82) is 0 Å². The van der Waals surface area contributed by atoms with Crippen molar-refractivity contribution >= 4 is 34.8 Å². The highest BCUT2D eigenvalue weighted by molar-refractivity contribution is 6.31. The first-order chi connectivity index (χ1) is 13.1. The largest absolute Gasteiger partial charge is 0.150 e. The number of rotatable bonds is 3. The fourth-order valence-corrected chi connectivity index (χ4v) is 3.20. The molecule has 0 saturated carbocycles. The monoisotopic (exact) mass is 410 g/mol. The Morgan fingerprint density at radius 2 is 0.926 bits per heavy atom. The molecule has 3 aromatic carbocycles. The Balaban J connectivity index is 1.89. The van der Waals surface area contributed by atoms with Gasteiger partial charge >= 0.3 is 0 Å². The topological polar surface area (TPSA) is 25.8 Å².